The second-order valence-electron chi connectivity index (χ2n) is 5.03. The molecule has 25 heavy (non-hydrogen) atoms. The van der Waals surface area contributed by atoms with Crippen LogP contribution < -0.4 is 4.72 Å². The third kappa shape index (κ3) is 4.98. The predicted molar refractivity (Wildman–Crippen MR) is 101 cm³/mol. The van der Waals surface area contributed by atoms with E-state index in [9.17, 15) is 13.2 Å². The summed E-state index contributed by atoms with van der Waals surface area (Å²) in [6, 6.07) is 2.58. The van der Waals surface area contributed by atoms with Crippen LogP contribution in [0.1, 0.15) is 12.6 Å². The molecule has 0 radical (unpaired) electrons. The number of benzene rings is 1. The fourth-order valence-corrected chi connectivity index (χ4v) is 5.36. The molecule has 0 fully saturated rings. The van der Waals surface area contributed by atoms with Gasteiger partial charge in [0.25, 0.3) is 10.0 Å². The lowest BCUT2D eigenvalue weighted by atomic mass is 10.3. The smallest absolute Gasteiger partial charge is 0.266 e. The molecule has 2 aromatic rings. The lowest BCUT2D eigenvalue weighted by molar-refractivity contribution is -0.129. The van der Waals surface area contributed by atoms with Gasteiger partial charge in [0.2, 0.25) is 5.91 Å². The lowest BCUT2D eigenvalue weighted by Crippen LogP contribution is -2.27. The van der Waals surface area contributed by atoms with Crippen LogP contribution in [0.15, 0.2) is 22.4 Å². The van der Waals surface area contributed by atoms with Crippen LogP contribution >= 0.6 is 46.1 Å². The van der Waals surface area contributed by atoms with E-state index in [1.165, 1.54) is 12.1 Å². The van der Waals surface area contributed by atoms with Crippen molar-refractivity contribution in [2.45, 2.75) is 18.2 Å². The number of sulfonamides is 1. The van der Waals surface area contributed by atoms with Crippen LogP contribution in [0.2, 0.25) is 15.1 Å². The van der Waals surface area contributed by atoms with Crippen LogP contribution in [0.25, 0.3) is 0 Å². The molecule has 1 N–H and O–H groups in total. The number of anilines is 1. The molecule has 0 saturated heterocycles. The van der Waals surface area contributed by atoms with Gasteiger partial charge in [0.1, 0.15) is 4.90 Å². The minimum atomic E-state index is -4.05. The van der Waals surface area contributed by atoms with Gasteiger partial charge >= 0.3 is 0 Å². The Hall–Kier alpha value is -1.06. The first-order valence-electron chi connectivity index (χ1n) is 6.99. The average Bonchev–Trinajstić information content (AvgIpc) is 2.90. The van der Waals surface area contributed by atoms with E-state index in [4.69, 9.17) is 34.8 Å². The molecule has 136 valence electrons. The molecule has 1 heterocycles. The summed E-state index contributed by atoms with van der Waals surface area (Å²) >= 11 is 18.8. The number of carbonyl (C=O) groups is 1. The van der Waals surface area contributed by atoms with Gasteiger partial charge in [0.05, 0.1) is 22.2 Å². The third-order valence-corrected chi connectivity index (χ3v) is 6.65. The maximum atomic E-state index is 12.5. The summed E-state index contributed by atoms with van der Waals surface area (Å²) in [5, 5.41) is 1.76. The summed E-state index contributed by atoms with van der Waals surface area (Å²) < 4.78 is 27.3. The molecule has 0 saturated carbocycles. The molecule has 2 rings (SSSR count). The number of hydrogen-bond donors (Lipinski definition) is 1. The topological polar surface area (TPSA) is 79.4 Å². The van der Waals surface area contributed by atoms with Gasteiger partial charge in [0, 0.05) is 24.0 Å². The highest BCUT2D eigenvalue weighted by molar-refractivity contribution is 7.93. The summed E-state index contributed by atoms with van der Waals surface area (Å²) in [4.78, 5) is 17.3. The molecule has 0 aliphatic heterocycles. The third-order valence-electron chi connectivity index (χ3n) is 3.24. The Bertz CT molecular complexity index is 877. The van der Waals surface area contributed by atoms with Gasteiger partial charge in [-0.05, 0) is 19.1 Å². The van der Waals surface area contributed by atoms with E-state index in [-0.39, 0.29) is 37.4 Å². The van der Waals surface area contributed by atoms with E-state index >= 15 is 0 Å². The number of hydrogen-bond acceptors (Lipinski definition) is 5. The fourth-order valence-electron chi connectivity index (χ4n) is 1.85. The predicted octanol–water partition coefficient (Wildman–Crippen LogP) is 3.92. The number of carbonyl (C=O) groups excluding carboxylic acids is 1. The number of halogens is 3. The number of thiazole rings is 1. The Labute approximate surface area is 164 Å². The van der Waals surface area contributed by atoms with Crippen molar-refractivity contribution in [2.75, 3.05) is 18.3 Å². The maximum Gasteiger partial charge on any atom is 0.266 e. The molecule has 11 heteroatoms. The summed E-state index contributed by atoms with van der Waals surface area (Å²) in [5.41, 5.74) is 0.473. The molecule has 0 bridgehead atoms. The maximum absolute atomic E-state index is 12.5. The second kappa shape index (κ2) is 8.09. The van der Waals surface area contributed by atoms with Gasteiger partial charge in [0.15, 0.2) is 5.13 Å². The van der Waals surface area contributed by atoms with E-state index < -0.39 is 10.0 Å². The first-order chi connectivity index (χ1) is 11.6. The zero-order valence-corrected chi connectivity index (χ0v) is 17.1. The number of amides is 1. The van der Waals surface area contributed by atoms with Gasteiger partial charge in [-0.3, -0.25) is 9.52 Å². The first-order valence-corrected chi connectivity index (χ1v) is 10.5. The number of likely N-dealkylation sites (N-methyl/N-ethyl adjacent to an activating group) is 1. The van der Waals surface area contributed by atoms with Gasteiger partial charge < -0.3 is 4.90 Å². The van der Waals surface area contributed by atoms with Crippen LogP contribution in [0.4, 0.5) is 5.13 Å². The molecular formula is C14H14Cl3N3O3S2. The molecule has 0 aliphatic carbocycles. The van der Waals surface area contributed by atoms with E-state index in [1.807, 2.05) is 6.92 Å². The second-order valence-corrected chi connectivity index (χ2v) is 8.76. The molecular weight excluding hydrogens is 429 g/mol. The zero-order chi connectivity index (χ0) is 18.8. The van der Waals surface area contributed by atoms with E-state index in [2.05, 4.69) is 9.71 Å². The molecule has 0 unspecified atom stereocenters. The summed E-state index contributed by atoms with van der Waals surface area (Å²) in [6.07, 6.45) is 0.0883. The minimum absolute atomic E-state index is 0.0883. The van der Waals surface area contributed by atoms with Crippen LogP contribution in [-0.2, 0) is 21.2 Å². The largest absolute Gasteiger partial charge is 0.346 e. The van der Waals surface area contributed by atoms with Gasteiger partial charge in [-0.2, -0.15) is 0 Å². The standard InChI is InChI=1S/C14H14Cl3N3O3S2/c1-3-20(2)12(21)6-9-7-24-14(18-9)19-25(22,23)13-10(16)4-8(15)5-11(13)17/h4-5,7H,3,6H2,1-2H3,(H,18,19). The van der Waals surface area contributed by atoms with Crippen LogP contribution in [-0.4, -0.2) is 37.8 Å². The van der Waals surface area contributed by atoms with Crippen molar-refractivity contribution in [2.24, 2.45) is 0 Å². The SMILES string of the molecule is CCN(C)C(=O)Cc1csc(NS(=O)(=O)c2c(Cl)cc(Cl)cc2Cl)n1. The van der Waals surface area contributed by atoms with E-state index in [0.717, 1.165) is 11.3 Å². The van der Waals surface area contributed by atoms with E-state index in [1.54, 1.807) is 17.3 Å². The summed E-state index contributed by atoms with van der Waals surface area (Å²) in [6.45, 7) is 2.44. The van der Waals surface area contributed by atoms with Crippen molar-refractivity contribution in [3.8, 4) is 0 Å². The molecule has 6 nitrogen and oxygen atoms in total. The average molecular weight is 443 g/mol. The highest BCUT2D eigenvalue weighted by Crippen LogP contribution is 2.34. The fraction of sp³-hybridized carbons (Fsp3) is 0.286. The molecule has 0 spiro atoms. The van der Waals surface area contributed by atoms with Gasteiger partial charge in [-0.15, -0.1) is 11.3 Å². The quantitative estimate of drug-likeness (QED) is 0.735. The Kier molecular flexibility index (Phi) is 6.56. The minimum Gasteiger partial charge on any atom is -0.346 e. The van der Waals surface area contributed by atoms with Gasteiger partial charge in [-0.1, -0.05) is 34.8 Å². The van der Waals surface area contributed by atoms with Crippen molar-refractivity contribution in [1.29, 1.82) is 0 Å². The Morgan fingerprint density at radius 3 is 2.44 bits per heavy atom. The number of rotatable bonds is 6. The van der Waals surface area contributed by atoms with Crippen molar-refractivity contribution in [3.63, 3.8) is 0 Å². The molecule has 0 atom stereocenters. The van der Waals surface area contributed by atoms with Crippen LogP contribution in [0.3, 0.4) is 0 Å². The number of nitrogens with zero attached hydrogens (tertiary/aromatic N) is 2. The van der Waals surface area contributed by atoms with Crippen molar-refractivity contribution >= 4 is 67.2 Å². The summed E-state index contributed by atoms with van der Waals surface area (Å²) in [5.74, 6) is -0.106. The summed E-state index contributed by atoms with van der Waals surface area (Å²) in [7, 11) is -2.36. The Morgan fingerprint density at radius 2 is 1.88 bits per heavy atom. The van der Waals surface area contributed by atoms with E-state index in [0.29, 0.717) is 12.2 Å². The molecule has 0 aliphatic rings. The van der Waals surface area contributed by atoms with Crippen LogP contribution in [0.5, 0.6) is 0 Å². The monoisotopic (exact) mass is 441 g/mol. The molecule has 1 aromatic heterocycles. The highest BCUT2D eigenvalue weighted by atomic mass is 35.5. The van der Waals surface area contributed by atoms with Gasteiger partial charge in [-0.25, -0.2) is 13.4 Å². The Balaban J connectivity index is 2.21. The van der Waals surface area contributed by atoms with Crippen LogP contribution in [0, 0.1) is 0 Å². The Morgan fingerprint density at radius 1 is 1.28 bits per heavy atom. The van der Waals surface area contributed by atoms with Crippen molar-refractivity contribution in [1.82, 2.24) is 9.88 Å². The number of nitrogens with one attached hydrogen (secondary N) is 1. The number of aromatic nitrogens is 1. The molecule has 1 aromatic carbocycles. The highest BCUT2D eigenvalue weighted by Gasteiger charge is 2.24. The first kappa shape index (κ1) is 20.3. The zero-order valence-electron chi connectivity index (χ0n) is 13.2. The lowest BCUT2D eigenvalue weighted by Gasteiger charge is -2.13. The van der Waals surface area contributed by atoms with Crippen molar-refractivity contribution < 1.29 is 13.2 Å². The van der Waals surface area contributed by atoms with Crippen molar-refractivity contribution in [3.05, 3.63) is 38.3 Å². The normalized spacial score (nSPS) is 11.4. The molecule has 1 amide bonds.